The number of carbonyl (C=O) groups excluding carboxylic acids is 2. The first-order valence-corrected chi connectivity index (χ1v) is 6.80. The summed E-state index contributed by atoms with van der Waals surface area (Å²) in [6, 6.07) is 5.05. The molecule has 98 valence electrons. The molecule has 2 rings (SSSR count). The van der Waals surface area contributed by atoms with Gasteiger partial charge in [-0.15, -0.1) is 11.3 Å². The van der Waals surface area contributed by atoms with Gasteiger partial charge in [0, 0.05) is 11.1 Å². The SMILES string of the molecule is Cc1ccsc1CC(=O)Nc1ccc(C(=O)Cl)cn1. The lowest BCUT2D eigenvalue weighted by atomic mass is 10.2. The molecule has 0 radical (unpaired) electrons. The molecular formula is C13H11ClN2O2S. The molecule has 0 atom stereocenters. The minimum absolute atomic E-state index is 0.136. The highest BCUT2D eigenvalue weighted by Gasteiger charge is 2.09. The third kappa shape index (κ3) is 3.62. The lowest BCUT2D eigenvalue weighted by molar-refractivity contribution is -0.115. The number of aromatic nitrogens is 1. The molecule has 0 aliphatic heterocycles. The number of nitrogens with zero attached hydrogens (tertiary/aromatic N) is 1. The van der Waals surface area contributed by atoms with E-state index in [1.165, 1.54) is 12.3 Å². The molecule has 0 aromatic carbocycles. The number of hydrogen-bond acceptors (Lipinski definition) is 4. The molecule has 0 spiro atoms. The van der Waals surface area contributed by atoms with E-state index in [9.17, 15) is 9.59 Å². The van der Waals surface area contributed by atoms with Crippen molar-refractivity contribution < 1.29 is 9.59 Å². The van der Waals surface area contributed by atoms with Crippen molar-refractivity contribution in [3.63, 3.8) is 0 Å². The molecule has 0 aliphatic carbocycles. The van der Waals surface area contributed by atoms with Gasteiger partial charge in [-0.3, -0.25) is 9.59 Å². The number of aryl methyl sites for hydroxylation is 1. The van der Waals surface area contributed by atoms with E-state index in [1.54, 1.807) is 17.4 Å². The lowest BCUT2D eigenvalue weighted by Gasteiger charge is -2.04. The van der Waals surface area contributed by atoms with E-state index in [0.717, 1.165) is 10.4 Å². The van der Waals surface area contributed by atoms with Crippen molar-refractivity contribution in [1.82, 2.24) is 4.98 Å². The van der Waals surface area contributed by atoms with Crippen molar-refractivity contribution in [2.24, 2.45) is 0 Å². The van der Waals surface area contributed by atoms with Crippen molar-refractivity contribution in [2.75, 3.05) is 5.32 Å². The Morgan fingerprint density at radius 3 is 2.68 bits per heavy atom. The Kier molecular flexibility index (Phi) is 4.29. The third-order valence-corrected chi connectivity index (χ3v) is 3.79. The van der Waals surface area contributed by atoms with Crippen molar-refractivity contribution in [3.05, 3.63) is 45.8 Å². The van der Waals surface area contributed by atoms with Crippen LogP contribution in [0.1, 0.15) is 20.8 Å². The maximum atomic E-state index is 11.8. The standard InChI is InChI=1S/C13H11ClN2O2S/c1-8-4-5-19-10(8)6-12(17)16-11-3-2-9(7-15-11)13(14)18/h2-5,7H,6H2,1H3,(H,15,16,17). The first kappa shape index (κ1) is 13.7. The van der Waals surface area contributed by atoms with Gasteiger partial charge in [0.2, 0.25) is 5.91 Å². The fourth-order valence-corrected chi connectivity index (χ4v) is 2.52. The second-order valence-electron chi connectivity index (χ2n) is 3.96. The largest absolute Gasteiger partial charge is 0.310 e. The van der Waals surface area contributed by atoms with E-state index < -0.39 is 5.24 Å². The molecule has 2 heterocycles. The number of pyridine rings is 1. The average Bonchev–Trinajstić information content (AvgIpc) is 2.75. The van der Waals surface area contributed by atoms with E-state index >= 15 is 0 Å². The fraction of sp³-hybridized carbons (Fsp3) is 0.154. The van der Waals surface area contributed by atoms with E-state index in [0.29, 0.717) is 17.8 Å². The molecule has 0 bridgehead atoms. The molecule has 0 saturated heterocycles. The van der Waals surface area contributed by atoms with Crippen LogP contribution in [0.15, 0.2) is 29.8 Å². The molecule has 2 aromatic rings. The third-order valence-electron chi connectivity index (χ3n) is 2.55. The summed E-state index contributed by atoms with van der Waals surface area (Å²) < 4.78 is 0. The summed E-state index contributed by atoms with van der Waals surface area (Å²) in [7, 11) is 0. The van der Waals surface area contributed by atoms with Crippen LogP contribution in [0.5, 0.6) is 0 Å². The molecular weight excluding hydrogens is 284 g/mol. The van der Waals surface area contributed by atoms with Crippen LogP contribution < -0.4 is 5.32 Å². The predicted octanol–water partition coefficient (Wildman–Crippen LogP) is 3.01. The minimum Gasteiger partial charge on any atom is -0.310 e. The van der Waals surface area contributed by atoms with Crippen molar-refractivity contribution in [1.29, 1.82) is 0 Å². The van der Waals surface area contributed by atoms with Crippen LogP contribution >= 0.6 is 22.9 Å². The summed E-state index contributed by atoms with van der Waals surface area (Å²) >= 11 is 6.86. The number of rotatable bonds is 4. The van der Waals surface area contributed by atoms with E-state index in [-0.39, 0.29) is 5.91 Å². The quantitative estimate of drug-likeness (QED) is 0.882. The second kappa shape index (κ2) is 5.95. The van der Waals surface area contributed by atoms with Crippen LogP contribution in [-0.4, -0.2) is 16.1 Å². The number of halogens is 1. The van der Waals surface area contributed by atoms with Gasteiger partial charge in [-0.1, -0.05) is 0 Å². The summed E-state index contributed by atoms with van der Waals surface area (Å²) in [5.41, 5.74) is 1.41. The molecule has 4 nitrogen and oxygen atoms in total. The second-order valence-corrected chi connectivity index (χ2v) is 5.30. The molecule has 0 aliphatic rings. The summed E-state index contributed by atoms with van der Waals surface area (Å²) in [5, 5.41) is 4.06. The van der Waals surface area contributed by atoms with Gasteiger partial charge < -0.3 is 5.32 Å². The van der Waals surface area contributed by atoms with Crippen molar-refractivity contribution in [2.45, 2.75) is 13.3 Å². The Hall–Kier alpha value is -1.72. The summed E-state index contributed by atoms with van der Waals surface area (Å²) in [6.07, 6.45) is 1.66. The van der Waals surface area contributed by atoms with Gasteiger partial charge in [0.15, 0.2) is 0 Å². The van der Waals surface area contributed by atoms with Gasteiger partial charge >= 0.3 is 0 Å². The molecule has 6 heteroatoms. The van der Waals surface area contributed by atoms with Gasteiger partial charge in [0.05, 0.1) is 12.0 Å². The minimum atomic E-state index is -0.570. The number of anilines is 1. The summed E-state index contributed by atoms with van der Waals surface area (Å²) in [5.74, 6) is 0.267. The molecule has 0 unspecified atom stereocenters. The fourth-order valence-electron chi connectivity index (χ4n) is 1.50. The maximum Gasteiger partial charge on any atom is 0.253 e. The zero-order chi connectivity index (χ0) is 13.8. The Labute approximate surface area is 119 Å². The highest BCUT2D eigenvalue weighted by atomic mass is 35.5. The highest BCUT2D eigenvalue weighted by Crippen LogP contribution is 2.16. The van der Waals surface area contributed by atoms with Gasteiger partial charge in [-0.05, 0) is 47.7 Å². The molecule has 1 N–H and O–H groups in total. The van der Waals surface area contributed by atoms with Crippen molar-refractivity contribution in [3.8, 4) is 0 Å². The van der Waals surface area contributed by atoms with Gasteiger partial charge in [0.25, 0.3) is 5.24 Å². The monoisotopic (exact) mass is 294 g/mol. The van der Waals surface area contributed by atoms with Crippen LogP contribution in [-0.2, 0) is 11.2 Å². The Balaban J connectivity index is 1.99. The Bertz CT molecular complexity index is 607. The molecule has 0 fully saturated rings. The van der Waals surface area contributed by atoms with Crippen LogP contribution in [0.2, 0.25) is 0 Å². The molecule has 19 heavy (non-hydrogen) atoms. The number of hydrogen-bond donors (Lipinski definition) is 1. The predicted molar refractivity (Wildman–Crippen MR) is 75.8 cm³/mol. The number of carbonyl (C=O) groups is 2. The lowest BCUT2D eigenvalue weighted by Crippen LogP contribution is -2.15. The molecule has 1 amide bonds. The van der Waals surface area contributed by atoms with Crippen LogP contribution in [0.4, 0.5) is 5.82 Å². The number of nitrogens with one attached hydrogen (secondary N) is 1. The summed E-state index contributed by atoms with van der Waals surface area (Å²) in [6.45, 7) is 1.97. The van der Waals surface area contributed by atoms with E-state index in [1.807, 2.05) is 18.4 Å². The van der Waals surface area contributed by atoms with Crippen LogP contribution in [0.25, 0.3) is 0 Å². The molecule has 0 saturated carbocycles. The highest BCUT2D eigenvalue weighted by molar-refractivity contribution is 7.10. The number of amides is 1. The normalized spacial score (nSPS) is 10.2. The number of thiophene rings is 1. The van der Waals surface area contributed by atoms with Gasteiger partial charge in [-0.2, -0.15) is 0 Å². The topological polar surface area (TPSA) is 59.1 Å². The van der Waals surface area contributed by atoms with Crippen molar-refractivity contribution >= 4 is 39.9 Å². The zero-order valence-electron chi connectivity index (χ0n) is 10.1. The maximum absolute atomic E-state index is 11.8. The Morgan fingerprint density at radius 1 is 1.37 bits per heavy atom. The molecule has 2 aromatic heterocycles. The van der Waals surface area contributed by atoms with E-state index in [2.05, 4.69) is 10.3 Å². The average molecular weight is 295 g/mol. The van der Waals surface area contributed by atoms with Crippen LogP contribution in [0.3, 0.4) is 0 Å². The van der Waals surface area contributed by atoms with E-state index in [4.69, 9.17) is 11.6 Å². The zero-order valence-corrected chi connectivity index (χ0v) is 11.7. The summed E-state index contributed by atoms with van der Waals surface area (Å²) in [4.78, 5) is 27.7. The van der Waals surface area contributed by atoms with Crippen LogP contribution in [0, 0.1) is 6.92 Å². The first-order valence-electron chi connectivity index (χ1n) is 5.55. The van der Waals surface area contributed by atoms with Gasteiger partial charge in [0.1, 0.15) is 5.82 Å². The Morgan fingerprint density at radius 2 is 2.16 bits per heavy atom. The first-order chi connectivity index (χ1) is 9.06. The van der Waals surface area contributed by atoms with Gasteiger partial charge in [-0.25, -0.2) is 4.98 Å². The smallest absolute Gasteiger partial charge is 0.253 e.